The van der Waals surface area contributed by atoms with Crippen molar-refractivity contribution in [2.24, 2.45) is 5.41 Å². The first kappa shape index (κ1) is 13.4. The molecule has 0 amide bonds. The summed E-state index contributed by atoms with van der Waals surface area (Å²) < 4.78 is 0. The van der Waals surface area contributed by atoms with Crippen molar-refractivity contribution in [2.75, 3.05) is 0 Å². The zero-order valence-electron chi connectivity index (χ0n) is 12.1. The van der Waals surface area contributed by atoms with E-state index in [1.165, 1.54) is 24.0 Å². The molecule has 0 heterocycles. The van der Waals surface area contributed by atoms with E-state index < -0.39 is 0 Å². The fraction of sp³-hybridized carbons (Fsp3) is 0.500. The van der Waals surface area contributed by atoms with Crippen LogP contribution in [0.5, 0.6) is 5.75 Å². The number of fused-ring (bicyclic) bond motifs is 3. The lowest BCUT2D eigenvalue weighted by atomic mass is 9.58. The van der Waals surface area contributed by atoms with E-state index in [0.29, 0.717) is 18.1 Å². The first-order valence-electron chi connectivity index (χ1n) is 7.68. The molecule has 0 fully saturated rings. The number of hydrogen-bond donors (Lipinski definition) is 1. The number of allylic oxidation sites excluding steroid dienone is 2. The molecule has 3 rings (SSSR count). The molecule has 2 atom stereocenters. The van der Waals surface area contributed by atoms with Crippen LogP contribution in [0.1, 0.15) is 56.1 Å². The number of aromatic hydroxyl groups is 1. The lowest BCUT2D eigenvalue weighted by Crippen LogP contribution is -2.36. The second-order valence-electron chi connectivity index (χ2n) is 6.28. The van der Waals surface area contributed by atoms with Crippen LogP contribution in [0.25, 0.3) is 0 Å². The third kappa shape index (κ3) is 2.17. The Morgan fingerprint density at radius 3 is 3.05 bits per heavy atom. The van der Waals surface area contributed by atoms with Crippen LogP contribution in [-0.4, -0.2) is 10.9 Å². The second-order valence-corrected chi connectivity index (χ2v) is 6.28. The Kier molecular flexibility index (Phi) is 3.41. The molecule has 1 aromatic carbocycles. The van der Waals surface area contributed by atoms with Crippen molar-refractivity contribution in [3.05, 3.63) is 41.5 Å². The normalized spacial score (nSPS) is 28.1. The van der Waals surface area contributed by atoms with Gasteiger partial charge in [0.2, 0.25) is 0 Å². The number of unbranched alkanes of at least 4 members (excludes halogenated alkanes) is 1. The number of hydrogen-bond acceptors (Lipinski definition) is 2. The molecule has 20 heavy (non-hydrogen) atoms. The summed E-state index contributed by atoms with van der Waals surface area (Å²) in [6.45, 7) is 2.22. The van der Waals surface area contributed by atoms with Crippen LogP contribution in [0, 0.1) is 5.41 Å². The standard InChI is InChI=1S/C18H22O2/c1-2-3-8-18-9-6-13-11-14(19)4-5-16(13)17(18)12-15(20)7-10-18/h4-5,7,10-11,17,19H,2-3,6,8-9,12H2,1H3. The van der Waals surface area contributed by atoms with Crippen LogP contribution in [0.15, 0.2) is 30.4 Å². The van der Waals surface area contributed by atoms with Crippen molar-refractivity contribution in [1.82, 2.24) is 0 Å². The molecule has 2 unspecified atom stereocenters. The number of ketones is 1. The van der Waals surface area contributed by atoms with Crippen molar-refractivity contribution in [1.29, 1.82) is 0 Å². The van der Waals surface area contributed by atoms with Crippen LogP contribution in [0.2, 0.25) is 0 Å². The van der Waals surface area contributed by atoms with Crippen LogP contribution in [-0.2, 0) is 11.2 Å². The van der Waals surface area contributed by atoms with Gasteiger partial charge in [-0.05, 0) is 54.0 Å². The Morgan fingerprint density at radius 2 is 2.25 bits per heavy atom. The van der Waals surface area contributed by atoms with Crippen molar-refractivity contribution in [2.45, 2.75) is 51.4 Å². The first-order chi connectivity index (χ1) is 9.64. The Balaban J connectivity index is 2.03. The third-order valence-electron chi connectivity index (χ3n) is 5.06. The fourth-order valence-electron chi connectivity index (χ4n) is 3.93. The van der Waals surface area contributed by atoms with Crippen LogP contribution in [0.4, 0.5) is 0 Å². The zero-order chi connectivity index (χ0) is 14.2. The summed E-state index contributed by atoms with van der Waals surface area (Å²) in [5.41, 5.74) is 2.67. The van der Waals surface area contributed by atoms with Gasteiger partial charge in [0.1, 0.15) is 5.75 Å². The molecule has 0 spiro atoms. The number of carbonyl (C=O) groups excluding carboxylic acids is 1. The third-order valence-corrected chi connectivity index (χ3v) is 5.06. The molecule has 2 aliphatic rings. The predicted octanol–water partition coefficient (Wildman–Crippen LogP) is 4.13. The second kappa shape index (κ2) is 5.08. The minimum atomic E-state index is 0.161. The maximum Gasteiger partial charge on any atom is 0.156 e. The molecule has 2 nitrogen and oxygen atoms in total. The van der Waals surface area contributed by atoms with Gasteiger partial charge in [-0.2, -0.15) is 0 Å². The molecule has 106 valence electrons. The lowest BCUT2D eigenvalue weighted by molar-refractivity contribution is -0.116. The number of phenolic OH excluding ortho intramolecular Hbond substituents is 1. The highest BCUT2D eigenvalue weighted by Crippen LogP contribution is 2.53. The van der Waals surface area contributed by atoms with Crippen LogP contribution < -0.4 is 0 Å². The number of rotatable bonds is 3. The Hall–Kier alpha value is -1.57. The molecule has 0 aliphatic heterocycles. The van der Waals surface area contributed by atoms with Crippen molar-refractivity contribution in [3.63, 3.8) is 0 Å². The summed E-state index contributed by atoms with van der Waals surface area (Å²) >= 11 is 0. The van der Waals surface area contributed by atoms with Gasteiger partial charge in [-0.3, -0.25) is 4.79 Å². The highest BCUT2D eigenvalue weighted by atomic mass is 16.3. The highest BCUT2D eigenvalue weighted by molar-refractivity contribution is 5.91. The van der Waals surface area contributed by atoms with Gasteiger partial charge in [0, 0.05) is 12.3 Å². The first-order valence-corrected chi connectivity index (χ1v) is 7.68. The van der Waals surface area contributed by atoms with Crippen LogP contribution in [0.3, 0.4) is 0 Å². The molecule has 0 saturated carbocycles. The van der Waals surface area contributed by atoms with E-state index in [2.05, 4.69) is 13.0 Å². The van der Waals surface area contributed by atoms with Crippen molar-refractivity contribution >= 4 is 5.78 Å². The molecular weight excluding hydrogens is 248 g/mol. The highest BCUT2D eigenvalue weighted by Gasteiger charge is 2.43. The SMILES string of the molecule is CCCCC12C=CC(=O)CC1c1ccc(O)cc1CC2. The number of phenols is 1. The van der Waals surface area contributed by atoms with Gasteiger partial charge in [0.25, 0.3) is 0 Å². The Labute approximate surface area is 120 Å². The summed E-state index contributed by atoms with van der Waals surface area (Å²) in [6.07, 6.45) is 10.3. The summed E-state index contributed by atoms with van der Waals surface area (Å²) in [7, 11) is 0. The summed E-state index contributed by atoms with van der Waals surface area (Å²) in [5, 5.41) is 9.66. The molecule has 0 saturated heterocycles. The monoisotopic (exact) mass is 270 g/mol. The summed E-state index contributed by atoms with van der Waals surface area (Å²) in [6, 6.07) is 5.67. The average molecular weight is 270 g/mol. The largest absolute Gasteiger partial charge is 0.508 e. The molecule has 2 heteroatoms. The molecule has 1 N–H and O–H groups in total. The minimum Gasteiger partial charge on any atom is -0.508 e. The molecule has 0 bridgehead atoms. The van der Waals surface area contributed by atoms with E-state index in [4.69, 9.17) is 0 Å². The molecule has 0 radical (unpaired) electrons. The summed E-state index contributed by atoms with van der Waals surface area (Å²) in [5.74, 6) is 0.876. The van der Waals surface area contributed by atoms with Crippen molar-refractivity contribution < 1.29 is 9.90 Å². The van der Waals surface area contributed by atoms with Gasteiger partial charge in [-0.1, -0.05) is 31.9 Å². The van der Waals surface area contributed by atoms with Crippen LogP contribution >= 0.6 is 0 Å². The minimum absolute atomic E-state index is 0.161. The van der Waals surface area contributed by atoms with Gasteiger partial charge in [-0.25, -0.2) is 0 Å². The van der Waals surface area contributed by atoms with Gasteiger partial charge < -0.3 is 5.11 Å². The van der Waals surface area contributed by atoms with Gasteiger partial charge >= 0.3 is 0 Å². The average Bonchev–Trinajstić information content (AvgIpc) is 2.45. The van der Waals surface area contributed by atoms with E-state index in [-0.39, 0.29) is 11.2 Å². The van der Waals surface area contributed by atoms with Gasteiger partial charge in [-0.15, -0.1) is 0 Å². The van der Waals surface area contributed by atoms with E-state index in [0.717, 1.165) is 19.3 Å². The molecule has 0 aromatic heterocycles. The summed E-state index contributed by atoms with van der Waals surface area (Å²) in [4.78, 5) is 11.9. The quantitative estimate of drug-likeness (QED) is 0.896. The fourth-order valence-corrected chi connectivity index (χ4v) is 3.93. The van der Waals surface area contributed by atoms with Crippen molar-refractivity contribution in [3.8, 4) is 5.75 Å². The number of benzene rings is 1. The van der Waals surface area contributed by atoms with E-state index in [9.17, 15) is 9.90 Å². The maximum absolute atomic E-state index is 11.9. The van der Waals surface area contributed by atoms with Gasteiger partial charge in [0.05, 0.1) is 0 Å². The lowest BCUT2D eigenvalue weighted by Gasteiger charge is -2.45. The van der Waals surface area contributed by atoms with E-state index in [1.807, 2.05) is 12.1 Å². The number of aryl methyl sites for hydroxylation is 1. The van der Waals surface area contributed by atoms with Gasteiger partial charge in [0.15, 0.2) is 5.78 Å². The number of carbonyl (C=O) groups is 1. The smallest absolute Gasteiger partial charge is 0.156 e. The molecule has 1 aromatic rings. The Bertz CT molecular complexity index is 559. The zero-order valence-corrected chi connectivity index (χ0v) is 12.1. The molecule has 2 aliphatic carbocycles. The Morgan fingerprint density at radius 1 is 1.40 bits per heavy atom. The van der Waals surface area contributed by atoms with E-state index >= 15 is 0 Å². The maximum atomic E-state index is 11.9. The molecular formula is C18H22O2. The topological polar surface area (TPSA) is 37.3 Å². The van der Waals surface area contributed by atoms with E-state index in [1.54, 1.807) is 12.1 Å². The predicted molar refractivity (Wildman–Crippen MR) is 79.9 cm³/mol.